The van der Waals surface area contributed by atoms with Crippen LogP contribution >= 0.6 is 0 Å². The predicted octanol–water partition coefficient (Wildman–Crippen LogP) is 1.38. The van der Waals surface area contributed by atoms with Crippen molar-refractivity contribution in [1.82, 2.24) is 10.2 Å². The zero-order valence-electron chi connectivity index (χ0n) is 13.4. The summed E-state index contributed by atoms with van der Waals surface area (Å²) in [5, 5.41) is 13.5. The summed E-state index contributed by atoms with van der Waals surface area (Å²) >= 11 is 0. The number of carboxylic acids is 1. The van der Waals surface area contributed by atoms with E-state index in [0.29, 0.717) is 23.6 Å². The van der Waals surface area contributed by atoms with Gasteiger partial charge < -0.3 is 25.4 Å². The first-order valence-electron chi connectivity index (χ1n) is 7.10. The molecule has 0 aromatic heterocycles. The van der Waals surface area contributed by atoms with Crippen LogP contribution in [0.5, 0.6) is 5.75 Å². The van der Waals surface area contributed by atoms with E-state index in [-0.39, 0.29) is 18.9 Å². The van der Waals surface area contributed by atoms with Gasteiger partial charge in [-0.25, -0.2) is 4.79 Å². The smallest absolute Gasteiger partial charge is 0.319 e. The molecule has 1 aromatic carbocycles. The maximum absolute atomic E-state index is 12.0. The van der Waals surface area contributed by atoms with Crippen LogP contribution in [0, 0.1) is 0 Å². The van der Waals surface area contributed by atoms with E-state index in [4.69, 9.17) is 9.84 Å². The van der Waals surface area contributed by atoms with Gasteiger partial charge in [-0.05, 0) is 25.1 Å². The molecular formula is C15H21N3O5. The number of ether oxygens (including phenoxy) is 1. The summed E-state index contributed by atoms with van der Waals surface area (Å²) in [6, 6.07) is 4.17. The zero-order chi connectivity index (χ0) is 17.4. The van der Waals surface area contributed by atoms with Gasteiger partial charge in [0.05, 0.1) is 18.7 Å². The molecule has 126 valence electrons. The lowest BCUT2D eigenvalue weighted by Crippen LogP contribution is -2.31. The predicted molar refractivity (Wildman–Crippen MR) is 84.9 cm³/mol. The number of aliphatic carboxylic acids is 1. The maximum Gasteiger partial charge on any atom is 0.319 e. The monoisotopic (exact) mass is 323 g/mol. The molecule has 0 atom stereocenters. The van der Waals surface area contributed by atoms with Gasteiger partial charge in [0, 0.05) is 26.2 Å². The summed E-state index contributed by atoms with van der Waals surface area (Å²) in [4.78, 5) is 35.6. The summed E-state index contributed by atoms with van der Waals surface area (Å²) in [6.07, 6.45) is -0.176. The minimum atomic E-state index is -1.00. The molecule has 0 aliphatic rings. The van der Waals surface area contributed by atoms with E-state index < -0.39 is 12.0 Å². The fraction of sp³-hybridized carbons (Fsp3) is 0.400. The van der Waals surface area contributed by atoms with Crippen LogP contribution in [0.15, 0.2) is 18.2 Å². The first-order chi connectivity index (χ1) is 10.8. The number of nitrogens with one attached hydrogen (secondary N) is 2. The molecule has 1 aromatic rings. The molecule has 0 saturated carbocycles. The van der Waals surface area contributed by atoms with Crippen molar-refractivity contribution >= 4 is 23.6 Å². The minimum Gasteiger partial charge on any atom is -0.492 e. The van der Waals surface area contributed by atoms with Gasteiger partial charge in [0.2, 0.25) is 0 Å². The number of amides is 3. The van der Waals surface area contributed by atoms with Crippen molar-refractivity contribution in [2.75, 3.05) is 32.6 Å². The molecule has 8 heteroatoms. The molecule has 3 N–H and O–H groups in total. The Morgan fingerprint density at radius 3 is 2.52 bits per heavy atom. The molecule has 0 heterocycles. The molecule has 0 radical (unpaired) electrons. The lowest BCUT2D eigenvalue weighted by Gasteiger charge is -2.15. The second kappa shape index (κ2) is 8.62. The highest BCUT2D eigenvalue weighted by Gasteiger charge is 2.14. The molecule has 0 aliphatic heterocycles. The minimum absolute atomic E-state index is 0.00144. The Morgan fingerprint density at radius 1 is 1.26 bits per heavy atom. The summed E-state index contributed by atoms with van der Waals surface area (Å²) in [5.74, 6) is -0.780. The number of carbonyl (C=O) groups excluding carboxylic acids is 2. The summed E-state index contributed by atoms with van der Waals surface area (Å²) in [7, 11) is 3.26. The van der Waals surface area contributed by atoms with Crippen molar-refractivity contribution in [2.24, 2.45) is 0 Å². The topological polar surface area (TPSA) is 108 Å². The van der Waals surface area contributed by atoms with Crippen LogP contribution in [0.2, 0.25) is 0 Å². The van der Waals surface area contributed by atoms with Crippen LogP contribution in [0.4, 0.5) is 10.5 Å². The third-order valence-electron chi connectivity index (χ3n) is 2.81. The molecule has 1 rings (SSSR count). The molecule has 23 heavy (non-hydrogen) atoms. The van der Waals surface area contributed by atoms with Crippen LogP contribution in [0.25, 0.3) is 0 Å². The normalized spacial score (nSPS) is 9.87. The van der Waals surface area contributed by atoms with Crippen LogP contribution in [-0.4, -0.2) is 55.2 Å². The molecule has 3 amide bonds. The Balaban J connectivity index is 2.87. The zero-order valence-corrected chi connectivity index (χ0v) is 13.4. The lowest BCUT2D eigenvalue weighted by molar-refractivity contribution is -0.136. The first kappa shape index (κ1) is 18.3. The molecule has 8 nitrogen and oxygen atoms in total. The second-order valence-electron chi connectivity index (χ2n) is 4.87. The van der Waals surface area contributed by atoms with Gasteiger partial charge in [0.15, 0.2) is 0 Å². The average molecular weight is 323 g/mol. The maximum atomic E-state index is 12.0. The average Bonchev–Trinajstić information content (AvgIpc) is 2.48. The highest BCUT2D eigenvalue weighted by Crippen LogP contribution is 2.26. The van der Waals surface area contributed by atoms with Crippen molar-refractivity contribution in [2.45, 2.75) is 13.3 Å². The van der Waals surface area contributed by atoms with Gasteiger partial charge in [-0.2, -0.15) is 0 Å². The molecule has 0 spiro atoms. The number of hydrogen-bond acceptors (Lipinski definition) is 4. The lowest BCUT2D eigenvalue weighted by atomic mass is 10.1. The number of hydrogen-bond donors (Lipinski definition) is 3. The molecular weight excluding hydrogens is 302 g/mol. The van der Waals surface area contributed by atoms with Gasteiger partial charge in [-0.1, -0.05) is 0 Å². The number of anilines is 1. The Morgan fingerprint density at radius 2 is 1.96 bits per heavy atom. The van der Waals surface area contributed by atoms with Crippen LogP contribution < -0.4 is 15.4 Å². The molecule has 0 fully saturated rings. The molecule has 0 bridgehead atoms. The number of benzene rings is 1. The van der Waals surface area contributed by atoms with Crippen molar-refractivity contribution < 1.29 is 24.2 Å². The quantitative estimate of drug-likeness (QED) is 0.702. The third kappa shape index (κ3) is 5.85. The second-order valence-corrected chi connectivity index (χ2v) is 4.87. The van der Waals surface area contributed by atoms with Crippen LogP contribution in [-0.2, 0) is 4.79 Å². The fourth-order valence-electron chi connectivity index (χ4n) is 1.75. The Hall–Kier alpha value is -2.77. The van der Waals surface area contributed by atoms with Gasteiger partial charge >= 0.3 is 12.0 Å². The number of carboxylic acid groups (broad SMARTS) is 1. The number of urea groups is 1. The van der Waals surface area contributed by atoms with E-state index in [1.165, 1.54) is 11.0 Å². The van der Waals surface area contributed by atoms with Crippen LogP contribution in [0.3, 0.4) is 0 Å². The van der Waals surface area contributed by atoms with Gasteiger partial charge in [0.1, 0.15) is 5.75 Å². The van der Waals surface area contributed by atoms with Crippen molar-refractivity contribution in [3.8, 4) is 5.75 Å². The SMILES string of the molecule is CCOc1ccc(C(=O)N(C)C)cc1NC(=O)NCCC(=O)O. The molecule has 0 aliphatic carbocycles. The fourth-order valence-corrected chi connectivity index (χ4v) is 1.75. The molecule has 0 saturated heterocycles. The highest BCUT2D eigenvalue weighted by atomic mass is 16.5. The van der Waals surface area contributed by atoms with Gasteiger partial charge in [-0.15, -0.1) is 0 Å². The van der Waals surface area contributed by atoms with Gasteiger partial charge in [-0.3, -0.25) is 9.59 Å². The number of nitrogens with zero attached hydrogens (tertiary/aromatic N) is 1. The third-order valence-corrected chi connectivity index (χ3v) is 2.81. The first-order valence-corrected chi connectivity index (χ1v) is 7.10. The Bertz CT molecular complexity index is 586. The van der Waals surface area contributed by atoms with Crippen LogP contribution in [0.1, 0.15) is 23.7 Å². The van der Waals surface area contributed by atoms with Crippen molar-refractivity contribution in [3.05, 3.63) is 23.8 Å². The number of carbonyl (C=O) groups is 3. The largest absolute Gasteiger partial charge is 0.492 e. The standard InChI is InChI=1S/C15H21N3O5/c1-4-23-12-6-5-10(14(21)18(2)3)9-11(12)17-15(22)16-8-7-13(19)20/h5-6,9H,4,7-8H2,1-3H3,(H,19,20)(H2,16,17,22). The van der Waals surface area contributed by atoms with Crippen molar-refractivity contribution in [3.63, 3.8) is 0 Å². The Kier molecular flexibility index (Phi) is 6.85. The van der Waals surface area contributed by atoms with Crippen molar-refractivity contribution in [1.29, 1.82) is 0 Å². The highest BCUT2D eigenvalue weighted by molar-refractivity contribution is 5.97. The van der Waals surface area contributed by atoms with E-state index in [0.717, 1.165) is 0 Å². The summed E-state index contributed by atoms with van der Waals surface area (Å²) in [6.45, 7) is 2.20. The van der Waals surface area contributed by atoms with E-state index in [9.17, 15) is 14.4 Å². The summed E-state index contributed by atoms with van der Waals surface area (Å²) in [5.41, 5.74) is 0.742. The Labute approximate surface area is 134 Å². The van der Waals surface area contributed by atoms with Gasteiger partial charge in [0.25, 0.3) is 5.91 Å². The summed E-state index contributed by atoms with van der Waals surface area (Å²) < 4.78 is 5.41. The van der Waals surface area contributed by atoms with E-state index in [1.54, 1.807) is 33.2 Å². The van der Waals surface area contributed by atoms with E-state index in [1.807, 2.05) is 0 Å². The molecule has 0 unspecified atom stereocenters. The van der Waals surface area contributed by atoms with E-state index in [2.05, 4.69) is 10.6 Å². The number of rotatable bonds is 7. The van der Waals surface area contributed by atoms with E-state index >= 15 is 0 Å².